The molecule has 6 heteroatoms. The minimum atomic E-state index is 0.625. The number of rotatable bonds is 3. The Balaban J connectivity index is 2.24. The van der Waals surface area contributed by atoms with Gasteiger partial charge in [-0.2, -0.15) is 5.10 Å². The van der Waals surface area contributed by atoms with Gasteiger partial charge < -0.3 is 5.73 Å². The lowest BCUT2D eigenvalue weighted by Crippen LogP contribution is -2.02. The van der Waals surface area contributed by atoms with E-state index >= 15 is 0 Å². The fourth-order valence-electron chi connectivity index (χ4n) is 1.11. The molecule has 0 bridgehead atoms. The Morgan fingerprint density at radius 1 is 1.50 bits per heavy atom. The van der Waals surface area contributed by atoms with Crippen molar-refractivity contribution in [3.63, 3.8) is 0 Å². The van der Waals surface area contributed by atoms with E-state index in [4.69, 9.17) is 5.73 Å². The van der Waals surface area contributed by atoms with Gasteiger partial charge in [0.1, 0.15) is 11.5 Å². The molecule has 2 aromatic rings. The topological polar surface area (TPSA) is 80.5 Å². The molecule has 0 aliphatic rings. The fourth-order valence-corrected chi connectivity index (χ4v) is 1.90. The number of hydrogen-bond donors (Lipinski definition) is 2. The number of nitrogens with one attached hydrogen (secondary N) is 1. The predicted octanol–water partition coefficient (Wildman–Crippen LogP) is 0.738. The number of hydrogen-bond acceptors (Lipinski definition) is 5. The van der Waals surface area contributed by atoms with Crippen LogP contribution in [0.15, 0.2) is 5.38 Å². The van der Waals surface area contributed by atoms with Gasteiger partial charge in [0, 0.05) is 11.8 Å². The van der Waals surface area contributed by atoms with E-state index in [2.05, 4.69) is 20.2 Å². The molecule has 0 aromatic carbocycles. The molecule has 0 spiro atoms. The van der Waals surface area contributed by atoms with Crippen molar-refractivity contribution in [1.29, 1.82) is 0 Å². The van der Waals surface area contributed by atoms with Crippen molar-refractivity contribution < 1.29 is 0 Å². The minimum absolute atomic E-state index is 0.625. The van der Waals surface area contributed by atoms with E-state index in [1.165, 1.54) is 0 Å². The molecule has 2 rings (SSSR count). The smallest absolute Gasteiger partial charge is 0.200 e. The summed E-state index contributed by atoms with van der Waals surface area (Å²) in [6, 6.07) is 0. The standard InChI is InChI=1S/C8H11N5S/c1-5-10-8(13-12-5)6-4-14-7(11-6)2-3-9/h4H,2-3,9H2,1H3,(H,10,12,13). The summed E-state index contributed by atoms with van der Waals surface area (Å²) in [6.07, 6.45) is 0.814. The normalized spacial score (nSPS) is 10.7. The molecular formula is C8H11N5S. The highest BCUT2D eigenvalue weighted by Gasteiger charge is 2.07. The van der Waals surface area contributed by atoms with E-state index in [0.29, 0.717) is 12.4 Å². The van der Waals surface area contributed by atoms with Gasteiger partial charge >= 0.3 is 0 Å². The molecule has 2 aromatic heterocycles. The van der Waals surface area contributed by atoms with Crippen LogP contribution in [0.2, 0.25) is 0 Å². The van der Waals surface area contributed by atoms with E-state index < -0.39 is 0 Å². The third-order valence-corrected chi connectivity index (χ3v) is 2.64. The maximum absolute atomic E-state index is 5.44. The van der Waals surface area contributed by atoms with Crippen LogP contribution in [0.25, 0.3) is 11.5 Å². The third kappa shape index (κ3) is 1.80. The van der Waals surface area contributed by atoms with Crippen LogP contribution in [0, 0.1) is 6.92 Å². The van der Waals surface area contributed by atoms with Crippen LogP contribution in [-0.2, 0) is 6.42 Å². The van der Waals surface area contributed by atoms with Crippen molar-refractivity contribution in [2.75, 3.05) is 6.54 Å². The molecule has 0 saturated heterocycles. The van der Waals surface area contributed by atoms with E-state index in [-0.39, 0.29) is 0 Å². The number of nitrogens with two attached hydrogens (primary N) is 1. The number of aromatic amines is 1. The third-order valence-electron chi connectivity index (χ3n) is 1.74. The number of H-pyrrole nitrogens is 1. The summed E-state index contributed by atoms with van der Waals surface area (Å²) >= 11 is 1.59. The predicted molar refractivity (Wildman–Crippen MR) is 55.0 cm³/mol. The molecule has 0 aliphatic heterocycles. The van der Waals surface area contributed by atoms with Crippen molar-refractivity contribution in [2.45, 2.75) is 13.3 Å². The van der Waals surface area contributed by atoms with Gasteiger partial charge in [-0.25, -0.2) is 9.97 Å². The van der Waals surface area contributed by atoms with Crippen LogP contribution in [0.1, 0.15) is 10.8 Å². The quantitative estimate of drug-likeness (QED) is 0.781. The second-order valence-electron chi connectivity index (χ2n) is 2.91. The van der Waals surface area contributed by atoms with Gasteiger partial charge in [0.2, 0.25) is 5.82 Å². The lowest BCUT2D eigenvalue weighted by atomic mass is 10.4. The first-order valence-corrected chi connectivity index (χ1v) is 5.21. The Kier molecular flexibility index (Phi) is 2.55. The van der Waals surface area contributed by atoms with Crippen LogP contribution in [-0.4, -0.2) is 26.7 Å². The van der Waals surface area contributed by atoms with Gasteiger partial charge in [-0.05, 0) is 13.5 Å². The largest absolute Gasteiger partial charge is 0.330 e. The zero-order valence-electron chi connectivity index (χ0n) is 7.82. The highest BCUT2D eigenvalue weighted by molar-refractivity contribution is 7.09. The van der Waals surface area contributed by atoms with Gasteiger partial charge in [0.05, 0.1) is 5.01 Å². The Labute approximate surface area is 85.4 Å². The highest BCUT2D eigenvalue weighted by Crippen LogP contribution is 2.18. The molecule has 0 radical (unpaired) electrons. The Morgan fingerprint density at radius 2 is 2.36 bits per heavy atom. The summed E-state index contributed by atoms with van der Waals surface area (Å²) in [4.78, 5) is 8.58. The van der Waals surface area contributed by atoms with E-state index in [0.717, 1.165) is 22.9 Å². The van der Waals surface area contributed by atoms with Gasteiger partial charge in [0.25, 0.3) is 0 Å². The van der Waals surface area contributed by atoms with Crippen LogP contribution >= 0.6 is 11.3 Å². The average molecular weight is 209 g/mol. The number of thiazole rings is 1. The summed E-state index contributed by atoms with van der Waals surface area (Å²) in [5.41, 5.74) is 6.26. The first kappa shape index (κ1) is 9.29. The lowest BCUT2D eigenvalue weighted by molar-refractivity contribution is 0.952. The van der Waals surface area contributed by atoms with Crippen molar-refractivity contribution in [3.05, 3.63) is 16.2 Å². The summed E-state index contributed by atoms with van der Waals surface area (Å²) in [6.45, 7) is 2.49. The lowest BCUT2D eigenvalue weighted by Gasteiger charge is -1.87. The second kappa shape index (κ2) is 3.85. The maximum Gasteiger partial charge on any atom is 0.200 e. The summed E-state index contributed by atoms with van der Waals surface area (Å²) in [7, 11) is 0. The van der Waals surface area contributed by atoms with Crippen LogP contribution in [0.5, 0.6) is 0 Å². The molecule has 5 nitrogen and oxygen atoms in total. The summed E-state index contributed by atoms with van der Waals surface area (Å²) < 4.78 is 0. The zero-order valence-corrected chi connectivity index (χ0v) is 8.64. The molecule has 14 heavy (non-hydrogen) atoms. The molecule has 0 aliphatic carbocycles. The first-order valence-electron chi connectivity index (χ1n) is 4.33. The first-order chi connectivity index (χ1) is 6.79. The van der Waals surface area contributed by atoms with Crippen LogP contribution in [0.3, 0.4) is 0 Å². The molecule has 0 unspecified atom stereocenters. The Hall–Kier alpha value is -1.27. The van der Waals surface area contributed by atoms with Gasteiger partial charge in [-0.1, -0.05) is 0 Å². The van der Waals surface area contributed by atoms with E-state index in [1.807, 2.05) is 12.3 Å². The molecule has 0 saturated carbocycles. The van der Waals surface area contributed by atoms with Crippen molar-refractivity contribution in [2.24, 2.45) is 5.73 Å². The van der Waals surface area contributed by atoms with E-state index in [1.54, 1.807) is 11.3 Å². The number of aryl methyl sites for hydroxylation is 1. The molecular weight excluding hydrogens is 198 g/mol. The van der Waals surface area contributed by atoms with Gasteiger partial charge in [-0.15, -0.1) is 11.3 Å². The minimum Gasteiger partial charge on any atom is -0.330 e. The molecule has 2 heterocycles. The highest BCUT2D eigenvalue weighted by atomic mass is 32.1. The van der Waals surface area contributed by atoms with Gasteiger partial charge in [0.15, 0.2) is 0 Å². The molecule has 0 fully saturated rings. The molecule has 0 atom stereocenters. The van der Waals surface area contributed by atoms with Crippen LogP contribution in [0.4, 0.5) is 0 Å². The van der Waals surface area contributed by atoms with Crippen molar-refractivity contribution in [3.8, 4) is 11.5 Å². The molecule has 0 amide bonds. The Morgan fingerprint density at radius 3 is 3.00 bits per heavy atom. The number of aromatic nitrogens is 4. The SMILES string of the molecule is Cc1nc(-c2csc(CCN)n2)n[nH]1. The van der Waals surface area contributed by atoms with Crippen molar-refractivity contribution in [1.82, 2.24) is 20.2 Å². The summed E-state index contributed by atoms with van der Waals surface area (Å²) in [5, 5.41) is 9.81. The maximum atomic E-state index is 5.44. The van der Waals surface area contributed by atoms with Gasteiger partial charge in [-0.3, -0.25) is 5.10 Å². The second-order valence-corrected chi connectivity index (χ2v) is 3.85. The Bertz CT molecular complexity index is 419. The summed E-state index contributed by atoms with van der Waals surface area (Å²) in [5.74, 6) is 1.45. The fraction of sp³-hybridized carbons (Fsp3) is 0.375. The van der Waals surface area contributed by atoms with E-state index in [9.17, 15) is 0 Å². The zero-order chi connectivity index (χ0) is 9.97. The van der Waals surface area contributed by atoms with Crippen molar-refractivity contribution >= 4 is 11.3 Å². The molecule has 74 valence electrons. The number of nitrogens with zero attached hydrogens (tertiary/aromatic N) is 3. The molecule has 3 N–H and O–H groups in total. The average Bonchev–Trinajstić information content (AvgIpc) is 2.74. The van der Waals surface area contributed by atoms with Crippen LogP contribution < -0.4 is 5.73 Å². The monoisotopic (exact) mass is 209 g/mol.